The average Bonchev–Trinajstić information content (AvgIpc) is 3.22. The maximum atomic E-state index is 12.3. The van der Waals surface area contributed by atoms with Crippen molar-refractivity contribution in [3.05, 3.63) is 39.4 Å². The molecule has 0 aromatic heterocycles. The van der Waals surface area contributed by atoms with Gasteiger partial charge in [0.25, 0.3) is 5.69 Å². The van der Waals surface area contributed by atoms with Crippen molar-refractivity contribution < 1.29 is 14.5 Å². The molecular weight excluding hydrogens is 312 g/mol. The molecule has 0 spiro atoms. The van der Waals surface area contributed by atoms with Gasteiger partial charge < -0.3 is 11.1 Å². The molecule has 0 radical (unpaired) electrons. The van der Waals surface area contributed by atoms with Gasteiger partial charge in [-0.05, 0) is 38.3 Å². The molecule has 1 saturated heterocycles. The maximum Gasteiger partial charge on any atom is 0.274 e. The van der Waals surface area contributed by atoms with Crippen LogP contribution in [0.2, 0.25) is 0 Å². The second-order valence-corrected chi connectivity index (χ2v) is 6.38. The molecule has 2 fully saturated rings. The van der Waals surface area contributed by atoms with E-state index in [-0.39, 0.29) is 23.2 Å². The molecule has 24 heavy (non-hydrogen) atoms. The smallest absolute Gasteiger partial charge is 0.274 e. The molecule has 1 unspecified atom stereocenters. The Morgan fingerprint density at radius 3 is 2.71 bits per heavy atom. The van der Waals surface area contributed by atoms with E-state index >= 15 is 0 Å². The van der Waals surface area contributed by atoms with Gasteiger partial charge in [0.15, 0.2) is 0 Å². The molecule has 1 aromatic carbocycles. The van der Waals surface area contributed by atoms with Crippen LogP contribution in [0.15, 0.2) is 18.2 Å². The Balaban J connectivity index is 1.77. The second-order valence-electron chi connectivity index (χ2n) is 6.38. The van der Waals surface area contributed by atoms with Crippen LogP contribution in [0.4, 0.5) is 5.69 Å². The van der Waals surface area contributed by atoms with Gasteiger partial charge in [-0.25, -0.2) is 0 Å². The Morgan fingerprint density at radius 2 is 2.08 bits per heavy atom. The molecule has 8 heteroatoms. The molecule has 2 aliphatic rings. The lowest BCUT2D eigenvalue weighted by atomic mass is 10.1. The van der Waals surface area contributed by atoms with Crippen LogP contribution in [0.3, 0.4) is 0 Å². The van der Waals surface area contributed by atoms with Crippen LogP contribution in [-0.4, -0.2) is 40.3 Å². The lowest BCUT2D eigenvalue weighted by Gasteiger charge is -2.23. The molecule has 1 heterocycles. The minimum atomic E-state index is -0.701. The number of primary amides is 1. The van der Waals surface area contributed by atoms with E-state index in [0.717, 1.165) is 32.2 Å². The number of benzene rings is 1. The molecule has 1 aliphatic carbocycles. The summed E-state index contributed by atoms with van der Waals surface area (Å²) in [5, 5.41) is 14.3. The predicted octanol–water partition coefficient (Wildman–Crippen LogP) is 0.937. The third-order valence-corrected chi connectivity index (χ3v) is 4.53. The zero-order chi connectivity index (χ0) is 17.3. The quantitative estimate of drug-likeness (QED) is 0.593. The topological polar surface area (TPSA) is 119 Å². The fourth-order valence-corrected chi connectivity index (χ4v) is 3.08. The van der Waals surface area contributed by atoms with Gasteiger partial charge in [-0.2, -0.15) is 0 Å². The molecule has 1 saturated carbocycles. The highest BCUT2D eigenvalue weighted by atomic mass is 16.6. The number of amides is 2. The number of nitrogens with two attached hydrogens (primary N) is 1. The summed E-state index contributed by atoms with van der Waals surface area (Å²) in [4.78, 5) is 36.3. The van der Waals surface area contributed by atoms with Crippen molar-refractivity contribution in [3.63, 3.8) is 0 Å². The average molecular weight is 332 g/mol. The van der Waals surface area contributed by atoms with Gasteiger partial charge in [0.1, 0.15) is 0 Å². The standard InChI is InChI=1S/C16H20N4O4/c17-15(21)10-3-4-11(14(8-10)20(23)24)9-19-7-1-2-13(19)16(22)18-12-5-6-12/h3-4,8,12-13H,1-2,5-7,9H2,(H2,17,21)(H,18,22). The number of nitrogens with zero attached hydrogens (tertiary/aromatic N) is 2. The maximum absolute atomic E-state index is 12.3. The Labute approximate surface area is 139 Å². The van der Waals surface area contributed by atoms with Gasteiger partial charge in [-0.3, -0.25) is 24.6 Å². The third kappa shape index (κ3) is 3.53. The molecule has 128 valence electrons. The van der Waals surface area contributed by atoms with Crippen LogP contribution in [0.5, 0.6) is 0 Å². The van der Waals surface area contributed by atoms with Gasteiger partial charge in [-0.1, -0.05) is 6.07 Å². The summed E-state index contributed by atoms with van der Waals surface area (Å²) in [6, 6.07) is 4.28. The molecular formula is C16H20N4O4. The zero-order valence-electron chi connectivity index (χ0n) is 13.2. The molecule has 2 amide bonds. The molecule has 1 atom stereocenters. The number of nitro benzene ring substituents is 1. The van der Waals surface area contributed by atoms with Crippen molar-refractivity contribution >= 4 is 17.5 Å². The van der Waals surface area contributed by atoms with Gasteiger partial charge in [0.05, 0.1) is 11.0 Å². The zero-order valence-corrected chi connectivity index (χ0v) is 13.2. The van der Waals surface area contributed by atoms with Crippen LogP contribution < -0.4 is 11.1 Å². The predicted molar refractivity (Wildman–Crippen MR) is 86.2 cm³/mol. The first-order valence-corrected chi connectivity index (χ1v) is 8.07. The number of carbonyl (C=O) groups excluding carboxylic acids is 2. The van der Waals surface area contributed by atoms with Crippen molar-refractivity contribution in [2.75, 3.05) is 6.54 Å². The summed E-state index contributed by atoms with van der Waals surface area (Å²) in [7, 11) is 0. The van der Waals surface area contributed by atoms with Crippen molar-refractivity contribution in [3.8, 4) is 0 Å². The van der Waals surface area contributed by atoms with E-state index < -0.39 is 10.8 Å². The fourth-order valence-electron chi connectivity index (χ4n) is 3.08. The van der Waals surface area contributed by atoms with Crippen LogP contribution >= 0.6 is 0 Å². The highest BCUT2D eigenvalue weighted by Crippen LogP contribution is 2.27. The van der Waals surface area contributed by atoms with Crippen molar-refractivity contribution in [2.45, 2.75) is 44.3 Å². The van der Waals surface area contributed by atoms with Gasteiger partial charge >= 0.3 is 0 Å². The summed E-state index contributed by atoms with van der Waals surface area (Å²) < 4.78 is 0. The number of nitro groups is 1. The SMILES string of the molecule is NC(=O)c1ccc(CN2CCCC2C(=O)NC2CC2)c([N+](=O)[O-])c1. The third-order valence-electron chi connectivity index (χ3n) is 4.53. The Kier molecular flexibility index (Phi) is 4.48. The number of hydrogen-bond donors (Lipinski definition) is 2. The molecule has 1 aromatic rings. The lowest BCUT2D eigenvalue weighted by Crippen LogP contribution is -2.43. The number of carbonyl (C=O) groups is 2. The summed E-state index contributed by atoms with van der Waals surface area (Å²) in [5.74, 6) is -0.695. The minimum absolute atomic E-state index is 0.00593. The second kappa shape index (κ2) is 6.56. The van der Waals surface area contributed by atoms with Crippen LogP contribution in [0.1, 0.15) is 41.6 Å². The Morgan fingerprint density at radius 1 is 1.33 bits per heavy atom. The summed E-state index contributed by atoms with van der Waals surface area (Å²) in [6.45, 7) is 1.02. The first-order valence-electron chi connectivity index (χ1n) is 8.07. The van der Waals surface area contributed by atoms with E-state index in [2.05, 4.69) is 5.32 Å². The molecule has 3 rings (SSSR count). The lowest BCUT2D eigenvalue weighted by molar-refractivity contribution is -0.385. The van der Waals surface area contributed by atoms with E-state index in [1.54, 1.807) is 6.07 Å². The van der Waals surface area contributed by atoms with Crippen LogP contribution in [0.25, 0.3) is 0 Å². The monoisotopic (exact) mass is 332 g/mol. The van der Waals surface area contributed by atoms with Gasteiger partial charge in [0, 0.05) is 29.8 Å². The number of rotatable bonds is 6. The van der Waals surface area contributed by atoms with E-state index in [1.807, 2.05) is 4.90 Å². The van der Waals surface area contributed by atoms with E-state index in [9.17, 15) is 19.7 Å². The molecule has 8 nitrogen and oxygen atoms in total. The van der Waals surface area contributed by atoms with Crippen LogP contribution in [0, 0.1) is 10.1 Å². The number of hydrogen-bond acceptors (Lipinski definition) is 5. The minimum Gasteiger partial charge on any atom is -0.366 e. The van der Waals surface area contributed by atoms with Gasteiger partial charge in [-0.15, -0.1) is 0 Å². The van der Waals surface area contributed by atoms with E-state index in [4.69, 9.17) is 5.73 Å². The van der Waals surface area contributed by atoms with Crippen molar-refractivity contribution in [2.24, 2.45) is 5.73 Å². The molecule has 0 bridgehead atoms. The van der Waals surface area contributed by atoms with Crippen molar-refractivity contribution in [1.82, 2.24) is 10.2 Å². The fraction of sp³-hybridized carbons (Fsp3) is 0.500. The van der Waals surface area contributed by atoms with E-state index in [1.165, 1.54) is 12.1 Å². The number of likely N-dealkylation sites (tertiary alicyclic amines) is 1. The highest BCUT2D eigenvalue weighted by molar-refractivity contribution is 5.93. The normalized spacial score (nSPS) is 20.8. The van der Waals surface area contributed by atoms with Crippen LogP contribution in [-0.2, 0) is 11.3 Å². The Bertz CT molecular complexity index is 687. The van der Waals surface area contributed by atoms with Gasteiger partial charge in [0.2, 0.25) is 11.8 Å². The highest BCUT2D eigenvalue weighted by Gasteiger charge is 2.34. The largest absolute Gasteiger partial charge is 0.366 e. The summed E-state index contributed by atoms with van der Waals surface area (Å²) in [6.07, 6.45) is 3.69. The number of nitrogens with one attached hydrogen (secondary N) is 1. The first kappa shape index (κ1) is 16.4. The van der Waals surface area contributed by atoms with Crippen molar-refractivity contribution in [1.29, 1.82) is 0 Å². The Hall–Kier alpha value is -2.48. The summed E-state index contributed by atoms with van der Waals surface area (Å²) >= 11 is 0. The first-order chi connectivity index (χ1) is 11.5. The molecule has 3 N–H and O–H groups in total. The summed E-state index contributed by atoms with van der Waals surface area (Å²) in [5.41, 5.74) is 5.64. The van der Waals surface area contributed by atoms with E-state index in [0.29, 0.717) is 18.2 Å². The molecule has 1 aliphatic heterocycles.